The molecule has 0 unspecified atom stereocenters. The molecule has 7 nitrogen and oxygen atoms in total. The Morgan fingerprint density at radius 3 is 2.86 bits per heavy atom. The summed E-state index contributed by atoms with van der Waals surface area (Å²) in [6, 6.07) is 8.09. The molecule has 29 heavy (non-hydrogen) atoms. The van der Waals surface area contributed by atoms with Gasteiger partial charge in [-0.1, -0.05) is 44.8 Å². The van der Waals surface area contributed by atoms with E-state index in [2.05, 4.69) is 43.4 Å². The molecule has 0 bridgehead atoms. The topological polar surface area (TPSA) is 74.1 Å². The summed E-state index contributed by atoms with van der Waals surface area (Å²) in [4.78, 5) is 0. The Hall–Kier alpha value is -2.65. The molecule has 1 aromatic heterocycles. The van der Waals surface area contributed by atoms with E-state index in [0.29, 0.717) is 35.6 Å². The fourth-order valence-electron chi connectivity index (χ4n) is 2.62. The zero-order valence-electron chi connectivity index (χ0n) is 15.5. The quantitative estimate of drug-likeness (QED) is 0.449. The van der Waals surface area contributed by atoms with Gasteiger partial charge in [-0.15, -0.1) is 6.58 Å². The van der Waals surface area contributed by atoms with Crippen LogP contribution in [0.5, 0.6) is 11.5 Å². The van der Waals surface area contributed by atoms with E-state index in [4.69, 9.17) is 21.1 Å². The molecule has 0 radical (unpaired) electrons. The standard InChI is InChI=1S/C19H18BrClFN5O2/c1-3-9-27-19(24-25-26-27)23-10-12-14(20)7-8-17(28-2)18(12)29-11-13-15(21)5-4-6-16(13)22/h3-8H,1,9-11H2,2H3,(H,23,24,26). The van der Waals surface area contributed by atoms with E-state index >= 15 is 0 Å². The number of hydrogen-bond acceptors (Lipinski definition) is 6. The summed E-state index contributed by atoms with van der Waals surface area (Å²) in [6.45, 7) is 4.42. The molecule has 3 aromatic rings. The van der Waals surface area contributed by atoms with E-state index < -0.39 is 5.82 Å². The molecule has 0 aliphatic heterocycles. The molecule has 0 aliphatic rings. The van der Waals surface area contributed by atoms with E-state index in [1.54, 1.807) is 29.0 Å². The van der Waals surface area contributed by atoms with Gasteiger partial charge in [-0.05, 0) is 34.7 Å². The van der Waals surface area contributed by atoms with Crippen molar-refractivity contribution >= 4 is 33.5 Å². The van der Waals surface area contributed by atoms with Crippen molar-refractivity contribution in [1.29, 1.82) is 0 Å². The van der Waals surface area contributed by atoms with Gasteiger partial charge in [-0.3, -0.25) is 0 Å². The molecule has 0 amide bonds. The molecular weight excluding hydrogens is 465 g/mol. The number of anilines is 1. The predicted octanol–water partition coefficient (Wildman–Crippen LogP) is 4.61. The summed E-state index contributed by atoms with van der Waals surface area (Å²) in [5, 5.41) is 15.0. The molecule has 0 atom stereocenters. The van der Waals surface area contributed by atoms with Gasteiger partial charge in [0.15, 0.2) is 11.5 Å². The molecule has 3 rings (SSSR count). The minimum Gasteiger partial charge on any atom is -0.493 e. The highest BCUT2D eigenvalue weighted by Crippen LogP contribution is 2.37. The molecule has 1 heterocycles. The molecule has 10 heteroatoms. The van der Waals surface area contributed by atoms with E-state index in [9.17, 15) is 4.39 Å². The van der Waals surface area contributed by atoms with Crippen molar-refractivity contribution < 1.29 is 13.9 Å². The van der Waals surface area contributed by atoms with Crippen LogP contribution in [0.2, 0.25) is 5.02 Å². The lowest BCUT2D eigenvalue weighted by Gasteiger charge is -2.18. The average Bonchev–Trinajstić information content (AvgIpc) is 3.14. The van der Waals surface area contributed by atoms with Gasteiger partial charge < -0.3 is 14.8 Å². The number of aromatic nitrogens is 4. The number of benzene rings is 2. The van der Waals surface area contributed by atoms with Crippen molar-refractivity contribution in [2.75, 3.05) is 12.4 Å². The lowest BCUT2D eigenvalue weighted by Crippen LogP contribution is -2.11. The van der Waals surface area contributed by atoms with Crippen LogP contribution < -0.4 is 14.8 Å². The van der Waals surface area contributed by atoms with Crippen molar-refractivity contribution in [3.8, 4) is 11.5 Å². The van der Waals surface area contributed by atoms with Gasteiger partial charge in [-0.2, -0.15) is 0 Å². The molecule has 0 saturated carbocycles. The lowest BCUT2D eigenvalue weighted by molar-refractivity contribution is 0.277. The fraction of sp³-hybridized carbons (Fsp3) is 0.211. The summed E-state index contributed by atoms with van der Waals surface area (Å²) >= 11 is 9.64. The SMILES string of the molecule is C=CCn1nnnc1NCc1c(Br)ccc(OC)c1OCc1c(F)cccc1Cl. The van der Waals surface area contributed by atoms with E-state index in [0.717, 1.165) is 10.0 Å². The van der Waals surface area contributed by atoms with Crippen molar-refractivity contribution in [2.24, 2.45) is 0 Å². The number of tetrazole rings is 1. The first-order valence-electron chi connectivity index (χ1n) is 8.57. The number of hydrogen-bond donors (Lipinski definition) is 1. The highest BCUT2D eigenvalue weighted by Gasteiger charge is 2.17. The number of nitrogens with zero attached hydrogens (tertiary/aromatic N) is 4. The Morgan fingerprint density at radius 1 is 1.31 bits per heavy atom. The van der Waals surface area contributed by atoms with Crippen LogP contribution in [0.3, 0.4) is 0 Å². The third-order valence-electron chi connectivity index (χ3n) is 4.07. The molecule has 2 aromatic carbocycles. The van der Waals surface area contributed by atoms with Gasteiger partial charge in [0.2, 0.25) is 5.95 Å². The summed E-state index contributed by atoms with van der Waals surface area (Å²) < 4.78 is 27.8. The number of halogens is 3. The number of ether oxygens (including phenoxy) is 2. The number of methoxy groups -OCH3 is 1. The Labute approximate surface area is 180 Å². The zero-order chi connectivity index (χ0) is 20.8. The molecule has 0 spiro atoms. The van der Waals surface area contributed by atoms with Crippen LogP contribution in [-0.2, 0) is 19.7 Å². The number of nitrogens with one attached hydrogen (secondary N) is 1. The van der Waals surface area contributed by atoms with E-state index in [-0.39, 0.29) is 12.2 Å². The first-order chi connectivity index (χ1) is 14.0. The Kier molecular flexibility index (Phi) is 7.05. The molecule has 0 aliphatic carbocycles. The van der Waals surface area contributed by atoms with Gasteiger partial charge in [0, 0.05) is 22.1 Å². The Balaban J connectivity index is 1.86. The molecular formula is C19H18BrClFN5O2. The first-order valence-corrected chi connectivity index (χ1v) is 9.74. The van der Waals surface area contributed by atoms with Gasteiger partial charge in [0.1, 0.15) is 12.4 Å². The molecule has 0 saturated heterocycles. The van der Waals surface area contributed by atoms with Crippen molar-refractivity contribution in [1.82, 2.24) is 20.2 Å². The van der Waals surface area contributed by atoms with Crippen LogP contribution in [0.4, 0.5) is 10.3 Å². The summed E-state index contributed by atoms with van der Waals surface area (Å²) in [6.07, 6.45) is 1.69. The number of allylic oxidation sites excluding steroid dienone is 1. The highest BCUT2D eigenvalue weighted by atomic mass is 79.9. The third kappa shape index (κ3) is 4.86. The largest absolute Gasteiger partial charge is 0.493 e. The van der Waals surface area contributed by atoms with Gasteiger partial charge in [0.25, 0.3) is 0 Å². The van der Waals surface area contributed by atoms with Gasteiger partial charge >= 0.3 is 0 Å². The zero-order valence-corrected chi connectivity index (χ0v) is 17.9. The maximum absolute atomic E-state index is 14.1. The van der Waals surface area contributed by atoms with Gasteiger partial charge in [-0.25, -0.2) is 9.07 Å². The van der Waals surface area contributed by atoms with Crippen LogP contribution in [-0.4, -0.2) is 27.3 Å². The molecule has 152 valence electrons. The maximum Gasteiger partial charge on any atom is 0.243 e. The summed E-state index contributed by atoms with van der Waals surface area (Å²) in [5.74, 6) is 0.997. The highest BCUT2D eigenvalue weighted by molar-refractivity contribution is 9.10. The number of rotatable bonds is 9. The minimum absolute atomic E-state index is 0.0560. The average molecular weight is 483 g/mol. The Bertz CT molecular complexity index is 994. The second-order valence-corrected chi connectivity index (χ2v) is 7.13. The minimum atomic E-state index is -0.435. The van der Waals surface area contributed by atoms with Crippen LogP contribution in [0.15, 0.2) is 47.5 Å². The first kappa shape index (κ1) is 21.1. The van der Waals surface area contributed by atoms with Gasteiger partial charge in [0.05, 0.1) is 18.7 Å². The fourth-order valence-corrected chi connectivity index (χ4v) is 3.29. The second-order valence-electron chi connectivity index (χ2n) is 5.87. The lowest BCUT2D eigenvalue weighted by atomic mass is 10.1. The van der Waals surface area contributed by atoms with Crippen LogP contribution in [0.25, 0.3) is 0 Å². The monoisotopic (exact) mass is 481 g/mol. The van der Waals surface area contributed by atoms with E-state index in [1.165, 1.54) is 13.2 Å². The summed E-state index contributed by atoms with van der Waals surface area (Å²) in [5.41, 5.74) is 1.02. The smallest absolute Gasteiger partial charge is 0.243 e. The van der Waals surface area contributed by atoms with Crippen LogP contribution >= 0.6 is 27.5 Å². The van der Waals surface area contributed by atoms with Crippen molar-refractivity contribution in [3.05, 3.63) is 69.4 Å². The van der Waals surface area contributed by atoms with Crippen LogP contribution in [0, 0.1) is 5.82 Å². The van der Waals surface area contributed by atoms with Crippen LogP contribution in [0.1, 0.15) is 11.1 Å². The molecule has 0 fully saturated rings. The summed E-state index contributed by atoms with van der Waals surface area (Å²) in [7, 11) is 1.54. The Morgan fingerprint density at radius 2 is 2.14 bits per heavy atom. The third-order valence-corrected chi connectivity index (χ3v) is 5.16. The second kappa shape index (κ2) is 9.71. The normalized spacial score (nSPS) is 10.6. The predicted molar refractivity (Wildman–Crippen MR) is 112 cm³/mol. The van der Waals surface area contributed by atoms with Crippen molar-refractivity contribution in [2.45, 2.75) is 19.7 Å². The molecule has 1 N–H and O–H groups in total. The maximum atomic E-state index is 14.1. The van der Waals surface area contributed by atoms with Crippen molar-refractivity contribution in [3.63, 3.8) is 0 Å². The van der Waals surface area contributed by atoms with E-state index in [1.807, 2.05) is 6.07 Å².